The van der Waals surface area contributed by atoms with Crippen molar-refractivity contribution >= 4 is 0 Å². The second-order valence-corrected chi connectivity index (χ2v) is 9.00. The molecule has 184 valence electrons. The van der Waals surface area contributed by atoms with E-state index in [1.807, 2.05) is 68.4 Å². The maximum absolute atomic E-state index is 11.4. The van der Waals surface area contributed by atoms with E-state index in [1.165, 1.54) is 0 Å². The van der Waals surface area contributed by atoms with E-state index in [4.69, 9.17) is 23.7 Å². The third kappa shape index (κ3) is 4.91. The minimum absolute atomic E-state index is 0.0257. The molecule has 0 amide bonds. The van der Waals surface area contributed by atoms with Crippen LogP contribution in [-0.2, 0) is 29.3 Å². The summed E-state index contributed by atoms with van der Waals surface area (Å²) < 4.78 is 30.2. The van der Waals surface area contributed by atoms with Gasteiger partial charge in [-0.25, -0.2) is 0 Å². The number of aliphatic hydroxyl groups excluding tert-OH is 1. The van der Waals surface area contributed by atoms with Crippen LogP contribution in [0.15, 0.2) is 91.0 Å². The van der Waals surface area contributed by atoms with Crippen LogP contribution in [0.3, 0.4) is 0 Å². The number of ether oxygens (including phenoxy) is 5. The molecule has 2 unspecified atom stereocenters. The number of fused-ring (bicyclic) bond motifs is 1. The quantitative estimate of drug-likeness (QED) is 0.515. The van der Waals surface area contributed by atoms with Crippen molar-refractivity contribution in [2.75, 3.05) is 13.2 Å². The highest BCUT2D eigenvalue weighted by Crippen LogP contribution is 2.41. The Morgan fingerprint density at radius 1 is 0.771 bits per heavy atom. The molecule has 2 heterocycles. The van der Waals surface area contributed by atoms with Crippen LogP contribution >= 0.6 is 0 Å². The average molecular weight is 477 g/mol. The minimum atomic E-state index is -0.949. The first-order chi connectivity index (χ1) is 17.1. The highest BCUT2D eigenvalue weighted by molar-refractivity contribution is 5.47. The van der Waals surface area contributed by atoms with Crippen molar-refractivity contribution in [1.29, 1.82) is 0 Å². The van der Waals surface area contributed by atoms with Gasteiger partial charge >= 0.3 is 0 Å². The Hall–Kier alpha value is -2.58. The first kappa shape index (κ1) is 24.1. The largest absolute Gasteiger partial charge is 0.388 e. The Morgan fingerprint density at radius 2 is 1.29 bits per heavy atom. The fraction of sp³-hybridized carbons (Fsp3) is 0.379. The summed E-state index contributed by atoms with van der Waals surface area (Å²) in [6.45, 7) is 4.07. The summed E-state index contributed by atoms with van der Waals surface area (Å²) in [5.41, 5.74) is 1.99. The van der Waals surface area contributed by atoms with Crippen LogP contribution in [0.2, 0.25) is 0 Å². The van der Waals surface area contributed by atoms with E-state index in [-0.39, 0.29) is 12.7 Å². The van der Waals surface area contributed by atoms with Crippen molar-refractivity contribution in [3.63, 3.8) is 0 Å². The molecule has 0 radical (unpaired) electrons. The van der Waals surface area contributed by atoms with Gasteiger partial charge in [-0.15, -0.1) is 0 Å². The van der Waals surface area contributed by atoms with Crippen LogP contribution in [0.25, 0.3) is 0 Å². The molecule has 3 aromatic rings. The van der Waals surface area contributed by atoms with Crippen molar-refractivity contribution in [3.8, 4) is 0 Å². The fourth-order valence-electron chi connectivity index (χ4n) is 5.04. The standard InChI is InChI=1S/C29H32O6/c1-20-31-19-26-28(34-20)27(35-21(2)33-26)25(30)18-32-29(22-12-6-3-7-13-22,23-14-8-4-9-15-23)24-16-10-5-11-17-24/h3-17,20-21,25-28,30H,18-19H2,1-2H3/t20?,21?,25-,26+,27+,28+/m0/s1. The maximum Gasteiger partial charge on any atom is 0.156 e. The Labute approximate surface area is 206 Å². The number of hydrogen-bond acceptors (Lipinski definition) is 6. The summed E-state index contributed by atoms with van der Waals surface area (Å²) in [6, 6.07) is 30.3. The predicted octanol–water partition coefficient (Wildman–Crippen LogP) is 4.25. The molecule has 3 aromatic carbocycles. The molecule has 0 spiro atoms. The first-order valence-corrected chi connectivity index (χ1v) is 12.1. The highest BCUT2D eigenvalue weighted by Gasteiger charge is 2.47. The summed E-state index contributed by atoms with van der Waals surface area (Å²) in [5.74, 6) is 0. The van der Waals surface area contributed by atoms with Gasteiger partial charge in [0.15, 0.2) is 12.6 Å². The van der Waals surface area contributed by atoms with E-state index in [2.05, 4.69) is 36.4 Å². The van der Waals surface area contributed by atoms with Gasteiger partial charge in [0.2, 0.25) is 0 Å². The predicted molar refractivity (Wildman–Crippen MR) is 131 cm³/mol. The molecular weight excluding hydrogens is 444 g/mol. The molecule has 2 fully saturated rings. The van der Waals surface area contributed by atoms with Gasteiger partial charge in [0.25, 0.3) is 0 Å². The molecule has 2 aliphatic heterocycles. The SMILES string of the molecule is CC1OC[C@H]2OC(C)O[C@H]([C@@H](O)COC(c3ccccc3)(c3ccccc3)c3ccccc3)[C@@H]2O1. The molecule has 0 aliphatic carbocycles. The lowest BCUT2D eigenvalue weighted by atomic mass is 9.80. The smallest absolute Gasteiger partial charge is 0.156 e. The van der Waals surface area contributed by atoms with Crippen molar-refractivity contribution in [2.24, 2.45) is 0 Å². The Bertz CT molecular complexity index is 964. The lowest BCUT2D eigenvalue weighted by Gasteiger charge is -2.46. The average Bonchev–Trinajstić information content (AvgIpc) is 2.90. The van der Waals surface area contributed by atoms with E-state index in [0.717, 1.165) is 16.7 Å². The monoisotopic (exact) mass is 476 g/mol. The van der Waals surface area contributed by atoms with Crippen LogP contribution < -0.4 is 0 Å². The molecular formula is C29H32O6. The zero-order chi connectivity index (χ0) is 24.3. The zero-order valence-electron chi connectivity index (χ0n) is 20.0. The molecule has 6 heteroatoms. The van der Waals surface area contributed by atoms with Gasteiger partial charge in [0.05, 0.1) is 13.2 Å². The minimum Gasteiger partial charge on any atom is -0.388 e. The Balaban J connectivity index is 1.50. The molecule has 5 rings (SSSR count). The zero-order valence-corrected chi connectivity index (χ0v) is 20.0. The van der Waals surface area contributed by atoms with Crippen LogP contribution in [-0.4, -0.2) is 55.3 Å². The van der Waals surface area contributed by atoms with Crippen LogP contribution in [0.4, 0.5) is 0 Å². The van der Waals surface area contributed by atoms with Crippen molar-refractivity contribution < 1.29 is 28.8 Å². The number of rotatable bonds is 7. The fourth-order valence-corrected chi connectivity index (χ4v) is 5.04. The molecule has 2 saturated heterocycles. The third-order valence-electron chi connectivity index (χ3n) is 6.64. The lowest BCUT2D eigenvalue weighted by molar-refractivity contribution is -0.362. The molecule has 6 nitrogen and oxygen atoms in total. The number of hydrogen-bond donors (Lipinski definition) is 1. The Kier molecular flexibility index (Phi) is 7.29. The van der Waals surface area contributed by atoms with E-state index >= 15 is 0 Å². The van der Waals surface area contributed by atoms with Gasteiger partial charge < -0.3 is 28.8 Å². The van der Waals surface area contributed by atoms with Gasteiger partial charge in [0, 0.05) is 0 Å². The number of aliphatic hydroxyl groups is 1. The van der Waals surface area contributed by atoms with Gasteiger partial charge in [-0.05, 0) is 30.5 Å². The van der Waals surface area contributed by atoms with E-state index in [1.54, 1.807) is 0 Å². The maximum atomic E-state index is 11.4. The number of benzene rings is 3. The van der Waals surface area contributed by atoms with E-state index in [0.29, 0.717) is 6.61 Å². The van der Waals surface area contributed by atoms with Crippen LogP contribution in [0.1, 0.15) is 30.5 Å². The topological polar surface area (TPSA) is 66.4 Å². The second kappa shape index (κ2) is 10.6. The van der Waals surface area contributed by atoms with Crippen LogP contribution in [0.5, 0.6) is 0 Å². The summed E-state index contributed by atoms with van der Waals surface area (Å²) in [6.07, 6.45) is -3.21. The van der Waals surface area contributed by atoms with E-state index in [9.17, 15) is 5.11 Å². The highest BCUT2D eigenvalue weighted by atomic mass is 16.8. The normalized spacial score (nSPS) is 27.7. The van der Waals surface area contributed by atoms with Crippen molar-refractivity contribution in [1.82, 2.24) is 0 Å². The molecule has 0 saturated carbocycles. The lowest BCUT2D eigenvalue weighted by Crippen LogP contribution is -2.60. The molecule has 6 atom stereocenters. The summed E-state index contributed by atoms with van der Waals surface area (Å²) in [4.78, 5) is 0. The third-order valence-corrected chi connectivity index (χ3v) is 6.64. The van der Waals surface area contributed by atoms with Crippen molar-refractivity contribution in [3.05, 3.63) is 108 Å². The molecule has 1 N–H and O–H groups in total. The molecule has 35 heavy (non-hydrogen) atoms. The van der Waals surface area contributed by atoms with Gasteiger partial charge in [-0.2, -0.15) is 0 Å². The van der Waals surface area contributed by atoms with Gasteiger partial charge in [-0.1, -0.05) is 91.0 Å². The first-order valence-electron chi connectivity index (χ1n) is 12.1. The van der Waals surface area contributed by atoms with Gasteiger partial charge in [-0.3, -0.25) is 0 Å². The summed E-state index contributed by atoms with van der Waals surface area (Å²) in [7, 11) is 0. The van der Waals surface area contributed by atoms with E-state index < -0.39 is 36.5 Å². The van der Waals surface area contributed by atoms with Crippen molar-refractivity contribution in [2.45, 2.75) is 56.4 Å². The second-order valence-electron chi connectivity index (χ2n) is 9.00. The molecule has 0 bridgehead atoms. The summed E-state index contributed by atoms with van der Waals surface area (Å²) >= 11 is 0. The van der Waals surface area contributed by atoms with Gasteiger partial charge in [0.1, 0.15) is 30.0 Å². The molecule has 0 aromatic heterocycles. The molecule has 2 aliphatic rings. The van der Waals surface area contributed by atoms with Crippen LogP contribution in [0, 0.1) is 0 Å². The Morgan fingerprint density at radius 3 is 1.80 bits per heavy atom. The summed E-state index contributed by atoms with van der Waals surface area (Å²) in [5, 5.41) is 11.4.